The zero-order valence-corrected chi connectivity index (χ0v) is 63.1. The maximum Gasteiger partial charge on any atom is 0.416 e. The maximum absolute atomic E-state index is 15.4. The first kappa shape index (κ1) is 69.2. The molecule has 15 aromatic rings. The van der Waals surface area contributed by atoms with E-state index in [1.807, 2.05) is 78.9 Å². The first-order valence-corrected chi connectivity index (χ1v) is 37.4. The summed E-state index contributed by atoms with van der Waals surface area (Å²) in [5, 5.41) is 1.83. The molecule has 0 saturated heterocycles. The highest BCUT2D eigenvalue weighted by molar-refractivity contribution is 7.00. The summed E-state index contributed by atoms with van der Waals surface area (Å²) in [5.74, 6) is 0.775. The molecular formula is C98H84BF3N6. The van der Waals surface area contributed by atoms with Gasteiger partial charge in [0.25, 0.3) is 6.71 Å². The summed E-state index contributed by atoms with van der Waals surface area (Å²) in [5.41, 5.74) is 26.1. The van der Waals surface area contributed by atoms with Gasteiger partial charge in [0, 0.05) is 61.6 Å². The number of anilines is 6. The number of hydrogen-bond acceptors (Lipinski definition) is 5. The lowest BCUT2D eigenvalue weighted by Gasteiger charge is -2.44. The Labute approximate surface area is 632 Å². The monoisotopic (exact) mass is 1410 g/mol. The van der Waals surface area contributed by atoms with Crippen molar-refractivity contribution in [3.05, 3.63) is 319 Å². The number of aromatic nitrogens is 4. The molecule has 108 heavy (non-hydrogen) atoms. The van der Waals surface area contributed by atoms with Crippen LogP contribution in [-0.4, -0.2) is 26.2 Å². The molecule has 2 aromatic heterocycles. The third kappa shape index (κ3) is 12.5. The molecule has 10 heteroatoms. The molecule has 0 spiro atoms. The van der Waals surface area contributed by atoms with Crippen molar-refractivity contribution in [3.8, 4) is 84.4 Å². The third-order valence-electron chi connectivity index (χ3n) is 21.8. The quantitative estimate of drug-likeness (QED) is 0.128. The molecule has 0 N–H and O–H groups in total. The number of nitrogens with zero attached hydrogens (tertiary/aromatic N) is 6. The van der Waals surface area contributed by atoms with E-state index in [1.165, 1.54) is 61.9 Å². The second-order valence-electron chi connectivity index (χ2n) is 33.3. The van der Waals surface area contributed by atoms with E-state index >= 15 is 13.2 Å². The lowest BCUT2D eigenvalue weighted by molar-refractivity contribution is -0.137. The van der Waals surface area contributed by atoms with Gasteiger partial charge in [-0.15, -0.1) is 0 Å². The van der Waals surface area contributed by atoms with E-state index < -0.39 is 11.7 Å². The van der Waals surface area contributed by atoms with E-state index in [2.05, 4.69) is 292 Å². The van der Waals surface area contributed by atoms with Crippen molar-refractivity contribution >= 4 is 79.0 Å². The Morgan fingerprint density at radius 1 is 0.269 bits per heavy atom. The Morgan fingerprint density at radius 2 is 0.648 bits per heavy atom. The fourth-order valence-electron chi connectivity index (χ4n) is 15.8. The summed E-state index contributed by atoms with van der Waals surface area (Å²) >= 11 is 0. The molecule has 6 nitrogen and oxygen atoms in total. The first-order chi connectivity index (χ1) is 51.7. The first-order valence-electron chi connectivity index (χ1n) is 37.4. The molecule has 17 rings (SSSR count). The number of fused-ring (bicyclic) bond motifs is 7. The predicted octanol–water partition coefficient (Wildman–Crippen LogP) is 24.9. The Kier molecular flexibility index (Phi) is 16.6. The van der Waals surface area contributed by atoms with Crippen molar-refractivity contribution in [2.24, 2.45) is 0 Å². The highest BCUT2D eigenvalue weighted by Crippen LogP contribution is 2.50. The van der Waals surface area contributed by atoms with Crippen LogP contribution in [0.5, 0.6) is 0 Å². The number of para-hydroxylation sites is 2. The van der Waals surface area contributed by atoms with Crippen LogP contribution >= 0.6 is 0 Å². The van der Waals surface area contributed by atoms with Gasteiger partial charge in [-0.2, -0.15) is 13.2 Å². The summed E-state index contributed by atoms with van der Waals surface area (Å²) in [4.78, 5) is 20.1. The smallest absolute Gasteiger partial charge is 0.311 e. The van der Waals surface area contributed by atoms with Crippen LogP contribution in [-0.2, 0) is 27.8 Å². The maximum atomic E-state index is 15.4. The van der Waals surface area contributed by atoms with Gasteiger partial charge in [0.2, 0.25) is 0 Å². The minimum atomic E-state index is -4.69. The minimum absolute atomic E-state index is 0.100. The molecule has 0 amide bonds. The number of hydrogen-bond donors (Lipinski definition) is 0. The van der Waals surface area contributed by atoms with Crippen molar-refractivity contribution < 1.29 is 13.2 Å². The molecular weight excluding hydrogens is 1330 g/mol. The van der Waals surface area contributed by atoms with Gasteiger partial charge in [0.1, 0.15) is 0 Å². The second-order valence-corrected chi connectivity index (χ2v) is 33.3. The third-order valence-corrected chi connectivity index (χ3v) is 21.8. The lowest BCUT2D eigenvalue weighted by Crippen LogP contribution is -2.61. The summed E-state index contributed by atoms with van der Waals surface area (Å²) < 4.78 is 48.4. The van der Waals surface area contributed by atoms with Crippen LogP contribution < -0.4 is 26.2 Å². The molecule has 2 aliphatic heterocycles. The van der Waals surface area contributed by atoms with E-state index in [9.17, 15) is 0 Å². The van der Waals surface area contributed by atoms with Crippen LogP contribution in [0.4, 0.5) is 47.3 Å². The highest BCUT2D eigenvalue weighted by Gasteiger charge is 2.45. The Bertz CT molecular complexity index is 5710. The van der Waals surface area contributed by atoms with Crippen LogP contribution in [0.15, 0.2) is 291 Å². The van der Waals surface area contributed by atoms with Gasteiger partial charge in [-0.25, -0.2) is 15.0 Å². The topological polar surface area (TPSA) is 50.1 Å². The molecule has 0 radical (unpaired) electrons. The minimum Gasteiger partial charge on any atom is -0.311 e. The van der Waals surface area contributed by atoms with Gasteiger partial charge < -0.3 is 14.4 Å². The standard InChI is InChI=1S/C98H84BF3N6/c1-94(2,3)72-48-68(49-73(58-72)95(4,5)6)65-40-45-85-81(53-65)99-82-54-66(69-50-74(96(7,8)9)59-75(51-69)97(10,11)12)41-46-86(82)107(77-36-26-17-27-37-77)89-57-70(56-88(90(89)99)106(85)76-34-24-16-25-35-76)64-39-44-83-79(52-64)78-43-38-67(61-28-18-13-19-29-61)55-87(78)108(83)84-47-42-71(98(100,101)102)60-80(84)93-104-91(62-30-20-14-21-31-62)103-92(105-93)63-32-22-15-23-33-63/h13-60H,1-12H3. The van der Waals surface area contributed by atoms with Gasteiger partial charge in [0.05, 0.1) is 22.3 Å². The Balaban J connectivity index is 0.935. The molecule has 0 bridgehead atoms. The Morgan fingerprint density at radius 3 is 1.09 bits per heavy atom. The van der Waals surface area contributed by atoms with Gasteiger partial charge in [-0.05, 0) is 190 Å². The summed E-state index contributed by atoms with van der Waals surface area (Å²) in [6.07, 6.45) is -4.69. The molecule has 0 saturated carbocycles. The zero-order valence-electron chi connectivity index (χ0n) is 63.1. The van der Waals surface area contributed by atoms with Crippen molar-refractivity contribution in [1.82, 2.24) is 19.5 Å². The van der Waals surface area contributed by atoms with Crippen LogP contribution in [0, 0.1) is 0 Å². The van der Waals surface area contributed by atoms with Gasteiger partial charge in [-0.3, -0.25) is 0 Å². The van der Waals surface area contributed by atoms with E-state index in [0.29, 0.717) is 28.5 Å². The van der Waals surface area contributed by atoms with Crippen molar-refractivity contribution in [3.63, 3.8) is 0 Å². The molecule has 0 fully saturated rings. The van der Waals surface area contributed by atoms with E-state index in [0.717, 1.165) is 89.3 Å². The van der Waals surface area contributed by atoms with Crippen LogP contribution in [0.1, 0.15) is 111 Å². The van der Waals surface area contributed by atoms with E-state index in [-0.39, 0.29) is 39.8 Å². The fraction of sp³-hybridized carbons (Fsp3) is 0.173. The SMILES string of the molecule is CC(C)(C)c1cc(-c2ccc3c(c2)B2c4cc(-c5cc(C(C)(C)C)cc(C(C)(C)C)c5)ccc4N(c4ccccc4)c4cc(-c5ccc6c(c5)c5ccc(-c7ccccc7)cc5n6-c5ccc(C(F)(F)F)cc5-c5nc(-c6ccccc6)nc(-c6ccccc6)n5)cc(c42)N3c2ccccc2)cc(C(C)(C)C)c1. The average Bonchev–Trinajstić information content (AvgIpc) is 0.867. The summed E-state index contributed by atoms with van der Waals surface area (Å²) in [7, 11) is 0. The lowest BCUT2D eigenvalue weighted by atomic mass is 9.33. The predicted molar refractivity (Wildman–Crippen MR) is 446 cm³/mol. The zero-order chi connectivity index (χ0) is 74.9. The summed E-state index contributed by atoms with van der Waals surface area (Å²) in [6, 6.07) is 101. The van der Waals surface area contributed by atoms with Crippen LogP contribution in [0.2, 0.25) is 0 Å². The molecule has 530 valence electrons. The van der Waals surface area contributed by atoms with Crippen LogP contribution in [0.3, 0.4) is 0 Å². The van der Waals surface area contributed by atoms with Crippen LogP contribution in [0.25, 0.3) is 106 Å². The summed E-state index contributed by atoms with van der Waals surface area (Å²) in [6.45, 7) is 27.5. The van der Waals surface area contributed by atoms with Crippen molar-refractivity contribution in [1.29, 1.82) is 0 Å². The molecule has 2 aliphatic rings. The fourth-order valence-corrected chi connectivity index (χ4v) is 15.8. The van der Waals surface area contributed by atoms with Crippen molar-refractivity contribution in [2.75, 3.05) is 9.80 Å². The molecule has 4 heterocycles. The number of rotatable bonds is 10. The van der Waals surface area contributed by atoms with Gasteiger partial charge in [-0.1, -0.05) is 289 Å². The second kappa shape index (κ2) is 26.0. The van der Waals surface area contributed by atoms with E-state index in [4.69, 9.17) is 15.0 Å². The van der Waals surface area contributed by atoms with Crippen molar-refractivity contribution in [2.45, 2.75) is 111 Å². The number of alkyl halides is 3. The Hall–Kier alpha value is -11.9. The number of halogens is 3. The molecule has 13 aromatic carbocycles. The van der Waals surface area contributed by atoms with E-state index in [1.54, 1.807) is 6.07 Å². The van der Waals surface area contributed by atoms with Gasteiger partial charge in [0.15, 0.2) is 17.5 Å². The normalized spacial score (nSPS) is 13.1. The highest BCUT2D eigenvalue weighted by atomic mass is 19.4. The average molecular weight is 1410 g/mol. The molecule has 0 aliphatic carbocycles. The number of benzene rings is 13. The molecule has 0 atom stereocenters. The largest absolute Gasteiger partial charge is 0.416 e. The molecule has 0 unspecified atom stereocenters. The van der Waals surface area contributed by atoms with Gasteiger partial charge >= 0.3 is 6.18 Å².